The van der Waals surface area contributed by atoms with Crippen molar-refractivity contribution in [3.05, 3.63) is 68.2 Å². The lowest BCUT2D eigenvalue weighted by atomic mass is 9.87. The third kappa shape index (κ3) is 6.18. The van der Waals surface area contributed by atoms with E-state index < -0.39 is 10.8 Å². The smallest absolute Gasteiger partial charge is 0.277 e. The number of nitro benzene ring substituents is 1. The Morgan fingerprint density at radius 3 is 2.48 bits per heavy atom. The number of ether oxygens (including phenoxy) is 1. The third-order valence-corrected chi connectivity index (χ3v) is 4.28. The monoisotopic (exact) mass is 433 g/mol. The molecule has 2 aromatic carbocycles. The number of carbonyl (C=O) groups excluding carboxylic acids is 1. The number of carbonyl (C=O) groups is 1. The van der Waals surface area contributed by atoms with Gasteiger partial charge < -0.3 is 4.74 Å². The van der Waals surface area contributed by atoms with Gasteiger partial charge in [-0.25, -0.2) is 5.43 Å². The van der Waals surface area contributed by atoms with Crippen molar-refractivity contribution in [2.45, 2.75) is 26.2 Å². The molecule has 1 N–H and O–H groups in total. The molecule has 0 fully saturated rings. The van der Waals surface area contributed by atoms with Crippen LogP contribution < -0.4 is 10.2 Å². The lowest BCUT2D eigenvalue weighted by Gasteiger charge is -2.20. The quantitative estimate of drug-likeness (QED) is 0.419. The zero-order chi connectivity index (χ0) is 20.0. The summed E-state index contributed by atoms with van der Waals surface area (Å²) in [4.78, 5) is 21.9. The highest BCUT2D eigenvalue weighted by Gasteiger charge is 2.15. The van der Waals surface area contributed by atoms with Crippen molar-refractivity contribution in [3.63, 3.8) is 0 Å². The molecule has 0 aromatic heterocycles. The van der Waals surface area contributed by atoms with Crippen molar-refractivity contribution < 1.29 is 14.5 Å². The summed E-state index contributed by atoms with van der Waals surface area (Å²) in [5.41, 5.74) is 4.14. The number of hydrazone groups is 1. The van der Waals surface area contributed by atoms with Crippen LogP contribution in [0.3, 0.4) is 0 Å². The summed E-state index contributed by atoms with van der Waals surface area (Å²) in [7, 11) is 0. The Morgan fingerprint density at radius 2 is 1.93 bits per heavy atom. The maximum absolute atomic E-state index is 11.8. The van der Waals surface area contributed by atoms with Crippen LogP contribution in [0.4, 0.5) is 5.69 Å². The Morgan fingerprint density at radius 1 is 1.26 bits per heavy atom. The number of nitrogens with zero attached hydrogens (tertiary/aromatic N) is 2. The van der Waals surface area contributed by atoms with Crippen molar-refractivity contribution in [3.8, 4) is 5.75 Å². The molecule has 0 radical (unpaired) electrons. The lowest BCUT2D eigenvalue weighted by molar-refractivity contribution is -0.384. The first-order valence-electron chi connectivity index (χ1n) is 8.16. The van der Waals surface area contributed by atoms with E-state index in [0.29, 0.717) is 11.3 Å². The van der Waals surface area contributed by atoms with Crippen molar-refractivity contribution in [1.29, 1.82) is 0 Å². The van der Waals surface area contributed by atoms with Gasteiger partial charge in [-0.15, -0.1) is 0 Å². The van der Waals surface area contributed by atoms with Crippen molar-refractivity contribution >= 4 is 33.7 Å². The SMILES string of the molecule is CC(C)(C)c1ccc(OCC(=O)N/N=C/c2ccc([N+](=O)[O-])cc2)c(Br)c1. The molecule has 142 valence electrons. The maximum Gasteiger partial charge on any atom is 0.277 e. The molecule has 1 amide bonds. The fourth-order valence-electron chi connectivity index (χ4n) is 2.12. The summed E-state index contributed by atoms with van der Waals surface area (Å²) >= 11 is 3.45. The summed E-state index contributed by atoms with van der Waals surface area (Å²) in [6.07, 6.45) is 1.40. The number of nitrogens with one attached hydrogen (secondary N) is 1. The summed E-state index contributed by atoms with van der Waals surface area (Å²) in [5, 5.41) is 14.4. The van der Waals surface area contributed by atoms with Gasteiger partial charge in [0, 0.05) is 12.1 Å². The van der Waals surface area contributed by atoms with Crippen LogP contribution in [0.15, 0.2) is 52.0 Å². The predicted molar refractivity (Wildman–Crippen MR) is 107 cm³/mol. The molecule has 0 aliphatic heterocycles. The van der Waals surface area contributed by atoms with E-state index in [9.17, 15) is 14.9 Å². The minimum atomic E-state index is -0.480. The van der Waals surface area contributed by atoms with Gasteiger partial charge in [0.2, 0.25) is 0 Å². The number of rotatable bonds is 6. The van der Waals surface area contributed by atoms with Crippen LogP contribution in [0, 0.1) is 10.1 Å². The first-order valence-corrected chi connectivity index (χ1v) is 8.95. The summed E-state index contributed by atoms with van der Waals surface area (Å²) in [5.74, 6) is 0.150. The lowest BCUT2D eigenvalue weighted by Crippen LogP contribution is -2.24. The Labute approximate surface area is 165 Å². The Balaban J connectivity index is 1.86. The van der Waals surface area contributed by atoms with E-state index in [1.54, 1.807) is 0 Å². The maximum atomic E-state index is 11.8. The second-order valence-electron chi connectivity index (χ2n) is 6.83. The van der Waals surface area contributed by atoms with Gasteiger partial charge in [-0.3, -0.25) is 14.9 Å². The summed E-state index contributed by atoms with van der Waals surface area (Å²) in [6, 6.07) is 11.6. The van der Waals surface area contributed by atoms with Crippen LogP contribution in [0.25, 0.3) is 0 Å². The van der Waals surface area contributed by atoms with Gasteiger partial charge in [-0.05, 0) is 56.7 Å². The average Bonchev–Trinajstić information content (AvgIpc) is 2.60. The first-order chi connectivity index (χ1) is 12.7. The standard InChI is InChI=1S/C19H20BrN3O4/c1-19(2,3)14-6-9-17(16(20)10-14)27-12-18(24)22-21-11-13-4-7-15(8-5-13)23(25)26/h4-11H,12H2,1-3H3,(H,22,24)/b21-11+. The molecule has 0 aliphatic carbocycles. The molecule has 8 heteroatoms. The van der Waals surface area contributed by atoms with Crippen molar-refractivity contribution in [1.82, 2.24) is 5.43 Å². The Hall–Kier alpha value is -2.74. The fourth-order valence-corrected chi connectivity index (χ4v) is 2.61. The van der Waals surface area contributed by atoms with Gasteiger partial charge in [0.1, 0.15) is 5.75 Å². The van der Waals surface area contributed by atoms with Gasteiger partial charge in [0.05, 0.1) is 15.6 Å². The molecule has 7 nitrogen and oxygen atoms in total. The van der Waals surface area contributed by atoms with Gasteiger partial charge in [0.15, 0.2) is 6.61 Å². The molecule has 0 aliphatic rings. The molecule has 27 heavy (non-hydrogen) atoms. The van der Waals surface area contributed by atoms with Gasteiger partial charge in [-0.2, -0.15) is 5.10 Å². The van der Waals surface area contributed by atoms with E-state index >= 15 is 0 Å². The number of benzene rings is 2. The van der Waals surface area contributed by atoms with Crippen LogP contribution in [-0.4, -0.2) is 23.7 Å². The van der Waals surface area contributed by atoms with Crippen LogP contribution >= 0.6 is 15.9 Å². The highest BCUT2D eigenvalue weighted by Crippen LogP contribution is 2.31. The molecule has 0 saturated heterocycles. The zero-order valence-corrected chi connectivity index (χ0v) is 16.8. The van der Waals surface area contributed by atoms with Crippen molar-refractivity contribution in [2.24, 2.45) is 5.10 Å². The average molecular weight is 434 g/mol. The van der Waals surface area contributed by atoms with E-state index in [0.717, 1.165) is 10.0 Å². The molecule has 0 spiro atoms. The minimum absolute atomic E-state index is 0.00681. The summed E-state index contributed by atoms with van der Waals surface area (Å²) < 4.78 is 6.28. The minimum Gasteiger partial charge on any atom is -0.483 e. The molecule has 2 rings (SSSR count). The van der Waals surface area contributed by atoms with Crippen molar-refractivity contribution in [2.75, 3.05) is 6.61 Å². The van der Waals surface area contributed by atoms with E-state index in [4.69, 9.17) is 4.74 Å². The van der Waals surface area contributed by atoms with E-state index in [2.05, 4.69) is 47.2 Å². The molecule has 0 heterocycles. The van der Waals surface area contributed by atoms with Gasteiger partial charge in [0.25, 0.3) is 11.6 Å². The molecular formula is C19H20BrN3O4. The highest BCUT2D eigenvalue weighted by molar-refractivity contribution is 9.10. The van der Waals surface area contributed by atoms with Crippen LogP contribution in [0.5, 0.6) is 5.75 Å². The van der Waals surface area contributed by atoms with Gasteiger partial charge >= 0.3 is 0 Å². The van der Waals surface area contributed by atoms with Crippen LogP contribution in [0.2, 0.25) is 0 Å². The van der Waals surface area contributed by atoms with E-state index in [-0.39, 0.29) is 17.7 Å². The number of halogens is 1. The highest BCUT2D eigenvalue weighted by atomic mass is 79.9. The third-order valence-electron chi connectivity index (χ3n) is 3.66. The van der Waals surface area contributed by atoms with Crippen LogP contribution in [0.1, 0.15) is 31.9 Å². The molecule has 0 saturated carbocycles. The first kappa shape index (κ1) is 20.6. The normalized spacial score (nSPS) is 11.4. The fraction of sp³-hybridized carbons (Fsp3) is 0.263. The Bertz CT molecular complexity index is 858. The predicted octanol–water partition coefficient (Wildman–Crippen LogP) is 4.18. The summed E-state index contributed by atoms with van der Waals surface area (Å²) in [6.45, 7) is 6.16. The largest absolute Gasteiger partial charge is 0.483 e. The van der Waals surface area contributed by atoms with Crippen LogP contribution in [-0.2, 0) is 10.2 Å². The van der Waals surface area contributed by atoms with E-state index in [1.807, 2.05) is 18.2 Å². The molecule has 2 aromatic rings. The number of non-ortho nitro benzene ring substituents is 1. The second-order valence-corrected chi connectivity index (χ2v) is 7.68. The molecular weight excluding hydrogens is 414 g/mol. The number of hydrogen-bond acceptors (Lipinski definition) is 5. The molecule has 0 unspecified atom stereocenters. The number of hydrogen-bond donors (Lipinski definition) is 1. The number of amides is 1. The topological polar surface area (TPSA) is 93.8 Å². The number of nitro groups is 1. The van der Waals surface area contributed by atoms with E-state index in [1.165, 1.54) is 30.5 Å². The Kier molecular flexibility index (Phi) is 6.68. The van der Waals surface area contributed by atoms with Gasteiger partial charge in [-0.1, -0.05) is 26.8 Å². The molecule has 0 atom stereocenters. The zero-order valence-electron chi connectivity index (χ0n) is 15.2. The molecule has 0 bridgehead atoms. The second kappa shape index (κ2) is 8.77.